The summed E-state index contributed by atoms with van der Waals surface area (Å²) in [7, 11) is 0. The molecule has 0 bridgehead atoms. The van der Waals surface area contributed by atoms with E-state index < -0.39 is 4.32 Å². The van der Waals surface area contributed by atoms with E-state index in [2.05, 4.69) is 35.1 Å². The van der Waals surface area contributed by atoms with Gasteiger partial charge in [-0.1, -0.05) is 29.8 Å². The van der Waals surface area contributed by atoms with Crippen LogP contribution in [0.5, 0.6) is 0 Å². The summed E-state index contributed by atoms with van der Waals surface area (Å²) >= 11 is 3.36. The molecule has 0 aromatic rings. The Hall–Kier alpha value is -0.0500. The van der Waals surface area contributed by atoms with Crippen molar-refractivity contribution in [1.29, 1.82) is 0 Å². The summed E-state index contributed by atoms with van der Waals surface area (Å²) in [5.41, 5.74) is 0.397. The molecule has 1 saturated carbocycles. The standard InChI is InChI=1S/C11H20BrNO/c1-8(2)11(5-6-11)7-13-9(14)10(3,4)12/h8H,5-7H2,1-4H3,(H,13,14). The maximum atomic E-state index is 11.6. The van der Waals surface area contributed by atoms with Gasteiger partial charge in [-0.2, -0.15) is 0 Å². The van der Waals surface area contributed by atoms with Crippen LogP contribution in [0.3, 0.4) is 0 Å². The Labute approximate surface area is 95.0 Å². The monoisotopic (exact) mass is 261 g/mol. The first-order chi connectivity index (χ1) is 6.28. The highest BCUT2D eigenvalue weighted by molar-refractivity contribution is 9.10. The van der Waals surface area contributed by atoms with Crippen molar-refractivity contribution < 1.29 is 4.79 Å². The molecule has 1 aliphatic rings. The van der Waals surface area contributed by atoms with Crippen molar-refractivity contribution in [3.8, 4) is 0 Å². The highest BCUT2D eigenvalue weighted by atomic mass is 79.9. The third kappa shape index (κ3) is 2.72. The van der Waals surface area contributed by atoms with Gasteiger partial charge in [0.05, 0.1) is 4.32 Å². The lowest BCUT2D eigenvalue weighted by Gasteiger charge is -2.23. The molecule has 1 fully saturated rings. The second kappa shape index (κ2) is 3.84. The van der Waals surface area contributed by atoms with Gasteiger partial charge in [-0.05, 0) is 38.0 Å². The van der Waals surface area contributed by atoms with E-state index in [1.165, 1.54) is 12.8 Å². The molecule has 14 heavy (non-hydrogen) atoms. The van der Waals surface area contributed by atoms with Crippen molar-refractivity contribution in [3.05, 3.63) is 0 Å². The largest absolute Gasteiger partial charge is 0.354 e. The zero-order valence-corrected chi connectivity index (χ0v) is 11.1. The van der Waals surface area contributed by atoms with E-state index in [4.69, 9.17) is 0 Å². The van der Waals surface area contributed by atoms with Crippen LogP contribution in [-0.2, 0) is 4.79 Å². The number of hydrogen-bond acceptors (Lipinski definition) is 1. The van der Waals surface area contributed by atoms with Crippen LogP contribution in [0.15, 0.2) is 0 Å². The van der Waals surface area contributed by atoms with Gasteiger partial charge >= 0.3 is 0 Å². The number of rotatable bonds is 4. The van der Waals surface area contributed by atoms with E-state index in [0.29, 0.717) is 11.3 Å². The van der Waals surface area contributed by atoms with Gasteiger partial charge < -0.3 is 5.32 Å². The Bertz CT molecular complexity index is 226. The molecule has 0 unspecified atom stereocenters. The molecule has 1 N–H and O–H groups in total. The summed E-state index contributed by atoms with van der Waals surface area (Å²) in [4.78, 5) is 11.6. The molecule has 0 spiro atoms. The second-order valence-electron chi connectivity index (χ2n) is 5.17. The molecule has 0 aromatic heterocycles. The molecule has 0 radical (unpaired) electrons. The number of amides is 1. The topological polar surface area (TPSA) is 29.1 Å². The lowest BCUT2D eigenvalue weighted by Crippen LogP contribution is -2.41. The lowest BCUT2D eigenvalue weighted by molar-refractivity contribution is -0.122. The minimum atomic E-state index is -0.444. The Balaban J connectivity index is 2.38. The molecule has 82 valence electrons. The summed E-state index contributed by atoms with van der Waals surface area (Å²) in [6.07, 6.45) is 2.52. The SMILES string of the molecule is CC(C)C1(CNC(=O)C(C)(C)Br)CC1. The number of halogens is 1. The Morgan fingerprint density at radius 3 is 2.29 bits per heavy atom. The van der Waals surface area contributed by atoms with Gasteiger partial charge in [-0.3, -0.25) is 4.79 Å². The van der Waals surface area contributed by atoms with Crippen LogP contribution < -0.4 is 5.32 Å². The molecule has 1 rings (SSSR count). The summed E-state index contributed by atoms with van der Waals surface area (Å²) in [6, 6.07) is 0. The molecule has 0 heterocycles. The first-order valence-electron chi connectivity index (χ1n) is 5.25. The second-order valence-corrected chi connectivity index (χ2v) is 7.15. The zero-order valence-electron chi connectivity index (χ0n) is 9.48. The molecule has 1 amide bonds. The Kier molecular flexibility index (Phi) is 3.30. The summed E-state index contributed by atoms with van der Waals surface area (Å²) in [6.45, 7) is 9.05. The smallest absolute Gasteiger partial charge is 0.236 e. The number of hydrogen-bond donors (Lipinski definition) is 1. The normalized spacial score (nSPS) is 19.6. The van der Waals surface area contributed by atoms with Crippen LogP contribution >= 0.6 is 15.9 Å². The highest BCUT2D eigenvalue weighted by Crippen LogP contribution is 2.51. The lowest BCUT2D eigenvalue weighted by atomic mass is 9.92. The summed E-state index contributed by atoms with van der Waals surface area (Å²) in [5, 5.41) is 3.02. The first kappa shape index (κ1) is 12.0. The Morgan fingerprint density at radius 1 is 1.50 bits per heavy atom. The van der Waals surface area contributed by atoms with Crippen LogP contribution in [-0.4, -0.2) is 16.8 Å². The van der Waals surface area contributed by atoms with Crippen molar-refractivity contribution in [2.45, 2.75) is 44.9 Å². The fourth-order valence-electron chi connectivity index (χ4n) is 1.59. The van der Waals surface area contributed by atoms with E-state index in [1.807, 2.05) is 13.8 Å². The number of nitrogens with one attached hydrogen (secondary N) is 1. The van der Waals surface area contributed by atoms with Crippen LogP contribution in [0.1, 0.15) is 40.5 Å². The fourth-order valence-corrected chi connectivity index (χ4v) is 1.73. The van der Waals surface area contributed by atoms with Crippen LogP contribution in [0.25, 0.3) is 0 Å². The van der Waals surface area contributed by atoms with Crippen molar-refractivity contribution in [2.24, 2.45) is 11.3 Å². The molecular weight excluding hydrogens is 242 g/mol. The van der Waals surface area contributed by atoms with Gasteiger partial charge in [0.15, 0.2) is 0 Å². The number of carbonyl (C=O) groups is 1. The van der Waals surface area contributed by atoms with Crippen LogP contribution in [0, 0.1) is 11.3 Å². The summed E-state index contributed by atoms with van der Waals surface area (Å²) < 4.78 is -0.444. The first-order valence-corrected chi connectivity index (χ1v) is 6.04. The zero-order chi connectivity index (χ0) is 11.0. The van der Waals surface area contributed by atoms with Gasteiger partial charge in [-0.15, -0.1) is 0 Å². The predicted molar refractivity (Wildman–Crippen MR) is 62.5 cm³/mol. The van der Waals surface area contributed by atoms with E-state index in [-0.39, 0.29) is 5.91 Å². The van der Waals surface area contributed by atoms with E-state index in [1.54, 1.807) is 0 Å². The molecule has 0 saturated heterocycles. The van der Waals surface area contributed by atoms with Crippen molar-refractivity contribution in [3.63, 3.8) is 0 Å². The van der Waals surface area contributed by atoms with Gasteiger partial charge in [0, 0.05) is 6.54 Å². The molecule has 0 atom stereocenters. The fraction of sp³-hybridized carbons (Fsp3) is 0.909. The third-order valence-corrected chi connectivity index (χ3v) is 3.62. The quantitative estimate of drug-likeness (QED) is 0.775. The average molecular weight is 262 g/mol. The molecule has 1 aliphatic carbocycles. The molecule has 2 nitrogen and oxygen atoms in total. The van der Waals surface area contributed by atoms with Crippen molar-refractivity contribution in [2.75, 3.05) is 6.54 Å². The van der Waals surface area contributed by atoms with Gasteiger partial charge in [-0.25, -0.2) is 0 Å². The van der Waals surface area contributed by atoms with Crippen LogP contribution in [0.2, 0.25) is 0 Å². The van der Waals surface area contributed by atoms with Gasteiger partial charge in [0.2, 0.25) is 5.91 Å². The average Bonchev–Trinajstić information content (AvgIpc) is 2.78. The van der Waals surface area contributed by atoms with Gasteiger partial charge in [0.25, 0.3) is 0 Å². The maximum Gasteiger partial charge on any atom is 0.236 e. The van der Waals surface area contributed by atoms with E-state index in [9.17, 15) is 4.79 Å². The molecular formula is C11H20BrNO. The van der Waals surface area contributed by atoms with Crippen molar-refractivity contribution >= 4 is 21.8 Å². The molecule has 0 aliphatic heterocycles. The minimum absolute atomic E-state index is 0.0874. The van der Waals surface area contributed by atoms with E-state index >= 15 is 0 Å². The van der Waals surface area contributed by atoms with Crippen molar-refractivity contribution in [1.82, 2.24) is 5.32 Å². The molecule has 0 aromatic carbocycles. The molecule has 3 heteroatoms. The van der Waals surface area contributed by atoms with Crippen LogP contribution in [0.4, 0.5) is 0 Å². The highest BCUT2D eigenvalue weighted by Gasteiger charge is 2.45. The maximum absolute atomic E-state index is 11.6. The minimum Gasteiger partial charge on any atom is -0.354 e. The number of carbonyl (C=O) groups excluding carboxylic acids is 1. The Morgan fingerprint density at radius 2 is 2.00 bits per heavy atom. The predicted octanol–water partition coefficient (Wildman–Crippen LogP) is 2.71. The van der Waals surface area contributed by atoms with Gasteiger partial charge in [0.1, 0.15) is 0 Å². The summed E-state index contributed by atoms with van der Waals surface area (Å²) in [5.74, 6) is 0.755. The van der Waals surface area contributed by atoms with E-state index in [0.717, 1.165) is 6.54 Å². The number of alkyl halides is 1. The third-order valence-electron chi connectivity index (χ3n) is 3.26.